The lowest BCUT2D eigenvalue weighted by Gasteiger charge is -2.42. The van der Waals surface area contributed by atoms with Gasteiger partial charge in [0, 0.05) is 30.9 Å². The average molecular weight is 349 g/mol. The Balaban J connectivity index is 1.75. The predicted molar refractivity (Wildman–Crippen MR) is 91.9 cm³/mol. The first kappa shape index (κ1) is 17.3. The van der Waals surface area contributed by atoms with Gasteiger partial charge in [0.15, 0.2) is 5.75 Å². The molecule has 2 heterocycles. The molecule has 2 unspecified atom stereocenters. The van der Waals surface area contributed by atoms with Gasteiger partial charge in [0.2, 0.25) is 0 Å². The van der Waals surface area contributed by atoms with Crippen molar-refractivity contribution in [3.8, 4) is 5.75 Å². The van der Waals surface area contributed by atoms with Gasteiger partial charge >= 0.3 is 11.8 Å². The molecular formula is C17H23N3O5. The van der Waals surface area contributed by atoms with Gasteiger partial charge in [-0.3, -0.25) is 15.0 Å². The number of nitrogens with zero attached hydrogens (tertiary/aromatic N) is 3. The average Bonchev–Trinajstić information content (AvgIpc) is 2.75. The lowest BCUT2D eigenvalue weighted by atomic mass is 10.1. The monoisotopic (exact) mass is 349 g/mol. The Morgan fingerprint density at radius 3 is 2.36 bits per heavy atom. The molecule has 0 spiro atoms. The van der Waals surface area contributed by atoms with Crippen molar-refractivity contribution in [3.05, 3.63) is 28.3 Å². The lowest BCUT2D eigenvalue weighted by Crippen LogP contribution is -2.56. The summed E-state index contributed by atoms with van der Waals surface area (Å²) in [5, 5.41) is 20.7. The SMILES string of the molecule is CC(C)(C)OC(=O)N1C2CCC1CN(c1ccc([N+](=O)[O-])c(O)c1)C2. The van der Waals surface area contributed by atoms with E-state index in [1.54, 1.807) is 6.07 Å². The normalized spacial score (nSPS) is 22.8. The molecule has 2 fully saturated rings. The fourth-order valence-corrected chi connectivity index (χ4v) is 3.59. The van der Waals surface area contributed by atoms with Crippen LogP contribution in [-0.4, -0.2) is 51.8 Å². The van der Waals surface area contributed by atoms with Crippen molar-refractivity contribution in [1.29, 1.82) is 0 Å². The molecule has 2 aliphatic heterocycles. The molecule has 0 aliphatic carbocycles. The van der Waals surface area contributed by atoms with Crippen LogP contribution in [0.4, 0.5) is 16.2 Å². The third kappa shape index (κ3) is 3.47. The number of aromatic hydroxyl groups is 1. The van der Waals surface area contributed by atoms with E-state index in [-0.39, 0.29) is 29.6 Å². The van der Waals surface area contributed by atoms with Crippen LogP contribution in [0.15, 0.2) is 18.2 Å². The van der Waals surface area contributed by atoms with Crippen molar-refractivity contribution in [2.24, 2.45) is 0 Å². The van der Waals surface area contributed by atoms with Crippen LogP contribution < -0.4 is 4.90 Å². The quantitative estimate of drug-likeness (QED) is 0.651. The summed E-state index contributed by atoms with van der Waals surface area (Å²) in [4.78, 5) is 26.6. The van der Waals surface area contributed by atoms with Crippen molar-refractivity contribution in [1.82, 2.24) is 4.90 Å². The molecular weight excluding hydrogens is 326 g/mol. The van der Waals surface area contributed by atoms with E-state index in [1.807, 2.05) is 25.7 Å². The summed E-state index contributed by atoms with van der Waals surface area (Å²) < 4.78 is 5.51. The molecule has 8 heteroatoms. The summed E-state index contributed by atoms with van der Waals surface area (Å²) in [6.07, 6.45) is 1.52. The molecule has 2 atom stereocenters. The summed E-state index contributed by atoms with van der Waals surface area (Å²) >= 11 is 0. The summed E-state index contributed by atoms with van der Waals surface area (Å²) in [7, 11) is 0. The fourth-order valence-electron chi connectivity index (χ4n) is 3.59. The van der Waals surface area contributed by atoms with E-state index in [2.05, 4.69) is 4.90 Å². The number of amides is 1. The van der Waals surface area contributed by atoms with Crippen LogP contribution in [-0.2, 0) is 4.74 Å². The smallest absolute Gasteiger partial charge is 0.410 e. The van der Waals surface area contributed by atoms with Gasteiger partial charge < -0.3 is 14.7 Å². The number of phenolic OH excluding ortho intramolecular Hbond substituents is 1. The van der Waals surface area contributed by atoms with Gasteiger partial charge in [-0.15, -0.1) is 0 Å². The van der Waals surface area contributed by atoms with Gasteiger partial charge in [0.25, 0.3) is 0 Å². The predicted octanol–water partition coefficient (Wildman–Crippen LogP) is 2.89. The maximum Gasteiger partial charge on any atom is 0.410 e. The second-order valence-corrected chi connectivity index (χ2v) is 7.61. The third-order valence-corrected chi connectivity index (χ3v) is 4.61. The largest absolute Gasteiger partial charge is 0.502 e. The number of hydrogen-bond donors (Lipinski definition) is 1. The van der Waals surface area contributed by atoms with Gasteiger partial charge in [0.05, 0.1) is 17.0 Å². The Kier molecular flexibility index (Phi) is 4.22. The minimum absolute atomic E-state index is 0.0472. The van der Waals surface area contributed by atoms with Crippen LogP contribution in [0, 0.1) is 10.1 Å². The number of rotatable bonds is 2. The number of ether oxygens (including phenoxy) is 1. The number of nitro benzene ring substituents is 1. The van der Waals surface area contributed by atoms with Crippen molar-refractivity contribution < 1.29 is 19.6 Å². The number of benzene rings is 1. The Morgan fingerprint density at radius 2 is 1.88 bits per heavy atom. The summed E-state index contributed by atoms with van der Waals surface area (Å²) in [5.41, 5.74) is -0.111. The highest BCUT2D eigenvalue weighted by Crippen LogP contribution is 2.36. The molecule has 1 aromatic carbocycles. The van der Waals surface area contributed by atoms with Crippen LogP contribution in [0.5, 0.6) is 5.75 Å². The zero-order valence-corrected chi connectivity index (χ0v) is 14.6. The van der Waals surface area contributed by atoms with E-state index in [4.69, 9.17) is 4.74 Å². The number of piperazine rings is 1. The first-order valence-corrected chi connectivity index (χ1v) is 8.39. The van der Waals surface area contributed by atoms with Crippen molar-refractivity contribution in [2.75, 3.05) is 18.0 Å². The molecule has 2 aliphatic rings. The molecule has 0 radical (unpaired) electrons. The standard InChI is InChI=1S/C17H23N3O5/c1-17(2,3)25-16(22)19-12-4-5-13(19)10-18(9-12)11-6-7-14(20(23)24)15(21)8-11/h6-8,12-13,21H,4-5,9-10H2,1-3H3. The van der Waals surface area contributed by atoms with Crippen molar-refractivity contribution in [3.63, 3.8) is 0 Å². The minimum atomic E-state index is -0.608. The molecule has 0 saturated carbocycles. The lowest BCUT2D eigenvalue weighted by molar-refractivity contribution is -0.385. The van der Waals surface area contributed by atoms with Crippen LogP contribution in [0.2, 0.25) is 0 Å². The van der Waals surface area contributed by atoms with E-state index >= 15 is 0 Å². The van der Waals surface area contributed by atoms with E-state index in [0.717, 1.165) is 18.5 Å². The molecule has 0 aromatic heterocycles. The van der Waals surface area contributed by atoms with Crippen LogP contribution in [0.1, 0.15) is 33.6 Å². The number of hydrogen-bond acceptors (Lipinski definition) is 6. The number of carbonyl (C=O) groups excluding carboxylic acids is 1. The number of anilines is 1. The van der Waals surface area contributed by atoms with Crippen molar-refractivity contribution in [2.45, 2.75) is 51.3 Å². The molecule has 1 aromatic rings. The Morgan fingerprint density at radius 1 is 1.28 bits per heavy atom. The maximum atomic E-state index is 12.5. The topological polar surface area (TPSA) is 96.2 Å². The first-order chi connectivity index (χ1) is 11.7. The fraction of sp³-hybridized carbons (Fsp3) is 0.588. The summed E-state index contributed by atoms with van der Waals surface area (Å²) in [5.74, 6) is -0.343. The Labute approximate surface area is 146 Å². The van der Waals surface area contributed by atoms with E-state index in [0.29, 0.717) is 13.1 Å². The molecule has 2 saturated heterocycles. The number of phenols is 1. The molecule has 2 bridgehead atoms. The van der Waals surface area contributed by atoms with E-state index in [9.17, 15) is 20.0 Å². The van der Waals surface area contributed by atoms with Gasteiger partial charge in [-0.1, -0.05) is 0 Å². The van der Waals surface area contributed by atoms with Gasteiger partial charge in [-0.2, -0.15) is 0 Å². The summed E-state index contributed by atoms with van der Waals surface area (Å²) in [6, 6.07) is 4.46. The first-order valence-electron chi connectivity index (χ1n) is 8.39. The Bertz CT molecular complexity index is 686. The number of nitro groups is 1. The number of fused-ring (bicyclic) bond motifs is 2. The zero-order chi connectivity index (χ0) is 18.4. The van der Waals surface area contributed by atoms with E-state index in [1.165, 1.54) is 12.1 Å². The zero-order valence-electron chi connectivity index (χ0n) is 14.6. The van der Waals surface area contributed by atoms with Gasteiger partial charge in [-0.25, -0.2) is 4.79 Å². The molecule has 1 N–H and O–H groups in total. The van der Waals surface area contributed by atoms with Crippen LogP contribution >= 0.6 is 0 Å². The second-order valence-electron chi connectivity index (χ2n) is 7.61. The van der Waals surface area contributed by atoms with Gasteiger partial charge in [0.1, 0.15) is 5.60 Å². The molecule has 8 nitrogen and oxygen atoms in total. The van der Waals surface area contributed by atoms with Crippen LogP contribution in [0.25, 0.3) is 0 Å². The molecule has 136 valence electrons. The highest BCUT2D eigenvalue weighted by atomic mass is 16.6. The highest BCUT2D eigenvalue weighted by Gasteiger charge is 2.44. The number of carbonyl (C=O) groups is 1. The van der Waals surface area contributed by atoms with Gasteiger partial charge in [-0.05, 0) is 39.7 Å². The summed E-state index contributed by atoms with van der Waals surface area (Å²) in [6.45, 7) is 6.79. The van der Waals surface area contributed by atoms with Crippen molar-refractivity contribution >= 4 is 17.5 Å². The Hall–Kier alpha value is -2.51. The second kappa shape index (κ2) is 6.09. The molecule has 3 rings (SSSR count). The van der Waals surface area contributed by atoms with Crippen LogP contribution in [0.3, 0.4) is 0 Å². The van der Waals surface area contributed by atoms with E-state index < -0.39 is 10.5 Å². The third-order valence-electron chi connectivity index (χ3n) is 4.61. The maximum absolute atomic E-state index is 12.5. The highest BCUT2D eigenvalue weighted by molar-refractivity contribution is 5.70. The molecule has 25 heavy (non-hydrogen) atoms. The molecule has 1 amide bonds. The minimum Gasteiger partial charge on any atom is -0.502 e.